The summed E-state index contributed by atoms with van der Waals surface area (Å²) in [6.45, 7) is 9.36. The summed E-state index contributed by atoms with van der Waals surface area (Å²) < 4.78 is 0. The molecule has 0 bridgehead atoms. The van der Waals surface area contributed by atoms with Crippen LogP contribution < -0.4 is 0 Å². The smallest absolute Gasteiger partial charge is 0.0934 e. The Morgan fingerprint density at radius 3 is 1.92 bits per heavy atom. The van der Waals surface area contributed by atoms with Crippen molar-refractivity contribution in [2.24, 2.45) is 4.99 Å². The molecular weight excluding hydrogens is 178 g/mol. The minimum Gasteiger partial charge on any atom is -0.391 e. The Balaban J connectivity index is 4.43. The van der Waals surface area contributed by atoms with Crippen LogP contribution in [0.4, 0.5) is 0 Å². The molecule has 0 aliphatic heterocycles. The van der Waals surface area contributed by atoms with E-state index in [9.17, 15) is 5.11 Å². The van der Waals surface area contributed by atoms with Gasteiger partial charge in [0.2, 0.25) is 0 Å². The zero-order valence-electron chi connectivity index (χ0n) is 9.38. The maximum Gasteiger partial charge on any atom is 0.0934 e. The van der Waals surface area contributed by atoms with Gasteiger partial charge in [0.25, 0.3) is 0 Å². The second-order valence-corrected chi connectivity index (χ2v) is 8.95. The second-order valence-electron chi connectivity index (χ2n) is 3.52. The van der Waals surface area contributed by atoms with Crippen LogP contribution in [-0.2, 0) is 0 Å². The van der Waals surface area contributed by atoms with E-state index in [4.69, 9.17) is 0 Å². The largest absolute Gasteiger partial charge is 0.391 e. The number of hydrogen-bond acceptors (Lipinski definition) is 2. The molecule has 1 atom stereocenters. The molecule has 0 aromatic heterocycles. The number of aliphatic hydroxyl groups excluding tert-OH is 1. The Morgan fingerprint density at radius 2 is 1.62 bits per heavy atom. The van der Waals surface area contributed by atoms with E-state index in [0.717, 1.165) is 24.7 Å². The molecule has 0 spiro atoms. The van der Waals surface area contributed by atoms with Gasteiger partial charge in [-0.25, -0.2) is 0 Å². The van der Waals surface area contributed by atoms with Gasteiger partial charge in [0, 0.05) is 12.8 Å². The van der Waals surface area contributed by atoms with Crippen LogP contribution in [0.15, 0.2) is 4.99 Å². The Bertz CT molecular complexity index is 147. The quantitative estimate of drug-likeness (QED) is 0.520. The van der Waals surface area contributed by atoms with Crippen LogP contribution in [0.1, 0.15) is 27.7 Å². The molecule has 0 aromatic rings. The molecule has 0 amide bonds. The molecule has 0 aromatic carbocycles. The van der Waals surface area contributed by atoms with Gasteiger partial charge >= 0.3 is 0 Å². The highest BCUT2D eigenvalue weighted by molar-refractivity contribution is 6.83. The number of hydrogen-bond donors (Lipinski definition) is 1. The van der Waals surface area contributed by atoms with Crippen LogP contribution in [0.2, 0.25) is 18.1 Å². The second kappa shape index (κ2) is 6.32. The van der Waals surface area contributed by atoms with Gasteiger partial charge in [0.05, 0.1) is 13.8 Å². The molecule has 3 heteroatoms. The van der Waals surface area contributed by atoms with Crippen molar-refractivity contribution < 1.29 is 5.11 Å². The number of rotatable bonds is 6. The van der Waals surface area contributed by atoms with E-state index in [0.29, 0.717) is 0 Å². The molecule has 1 N–H and O–H groups in total. The van der Waals surface area contributed by atoms with Crippen molar-refractivity contribution in [3.8, 4) is 0 Å². The van der Waals surface area contributed by atoms with Crippen molar-refractivity contribution in [1.82, 2.24) is 0 Å². The minimum atomic E-state index is -1.45. The third-order valence-corrected chi connectivity index (χ3v) is 8.80. The van der Waals surface area contributed by atoms with Crippen LogP contribution in [0.3, 0.4) is 0 Å². The lowest BCUT2D eigenvalue weighted by atomic mass is 10.7. The van der Waals surface area contributed by atoms with Crippen LogP contribution in [0, 0.1) is 0 Å². The van der Waals surface area contributed by atoms with Crippen molar-refractivity contribution in [3.05, 3.63) is 0 Å². The van der Waals surface area contributed by atoms with Crippen LogP contribution >= 0.6 is 0 Å². The first-order chi connectivity index (χ1) is 6.16. The summed E-state index contributed by atoms with van der Waals surface area (Å²) in [6, 6.07) is 3.45. The van der Waals surface area contributed by atoms with E-state index < -0.39 is 8.07 Å². The van der Waals surface area contributed by atoms with Gasteiger partial charge in [0.15, 0.2) is 0 Å². The average molecular weight is 201 g/mol. The van der Waals surface area contributed by atoms with Crippen molar-refractivity contribution in [1.29, 1.82) is 0 Å². The molecule has 0 aliphatic carbocycles. The summed E-state index contributed by atoms with van der Waals surface area (Å²) in [7, 11) is -1.45. The maximum absolute atomic E-state index is 10.0. The SMILES string of the molecule is CCN=CC(O)[Si](CC)(CC)CC. The van der Waals surface area contributed by atoms with Gasteiger partial charge < -0.3 is 5.11 Å². The molecule has 1 unspecified atom stereocenters. The molecular formula is C10H23NOSi. The zero-order chi connectivity index (χ0) is 10.3. The summed E-state index contributed by atoms with van der Waals surface area (Å²) in [6.07, 6.45) is 1.77. The standard InChI is InChI=1S/C10H23NOSi/c1-5-11-9-10(12)13(6-2,7-3)8-4/h9-10,12H,5-8H2,1-4H3. The van der Waals surface area contributed by atoms with Gasteiger partial charge in [-0.2, -0.15) is 0 Å². The van der Waals surface area contributed by atoms with Crippen molar-refractivity contribution in [2.75, 3.05) is 6.54 Å². The zero-order valence-corrected chi connectivity index (χ0v) is 10.4. The summed E-state index contributed by atoms with van der Waals surface area (Å²) in [4.78, 5) is 4.14. The molecule has 0 saturated carbocycles. The molecule has 0 rings (SSSR count). The summed E-state index contributed by atoms with van der Waals surface area (Å²) in [5.41, 5.74) is -0.243. The summed E-state index contributed by atoms with van der Waals surface area (Å²) in [5.74, 6) is 0. The predicted molar refractivity (Wildman–Crippen MR) is 62.2 cm³/mol. The van der Waals surface area contributed by atoms with Gasteiger partial charge in [-0.3, -0.25) is 4.99 Å². The van der Waals surface area contributed by atoms with Gasteiger partial charge in [-0.05, 0) is 6.92 Å². The fraction of sp³-hybridized carbons (Fsp3) is 0.900. The molecule has 0 radical (unpaired) electrons. The third-order valence-electron chi connectivity index (χ3n) is 3.17. The summed E-state index contributed by atoms with van der Waals surface area (Å²) in [5, 5.41) is 10.0. The number of nitrogens with zero attached hydrogens (tertiary/aromatic N) is 1. The summed E-state index contributed by atoms with van der Waals surface area (Å²) >= 11 is 0. The highest BCUT2D eigenvalue weighted by atomic mass is 28.3. The molecule has 78 valence electrons. The minimum absolute atomic E-state index is 0.243. The monoisotopic (exact) mass is 201 g/mol. The first kappa shape index (κ1) is 12.8. The Hall–Kier alpha value is -0.153. The van der Waals surface area contributed by atoms with Crippen molar-refractivity contribution in [3.63, 3.8) is 0 Å². The highest BCUT2D eigenvalue weighted by Gasteiger charge is 2.34. The Morgan fingerprint density at radius 1 is 1.15 bits per heavy atom. The molecule has 13 heavy (non-hydrogen) atoms. The van der Waals surface area contributed by atoms with Crippen molar-refractivity contribution >= 4 is 14.3 Å². The van der Waals surface area contributed by atoms with Crippen LogP contribution in [0.5, 0.6) is 0 Å². The lowest BCUT2D eigenvalue weighted by Crippen LogP contribution is -2.46. The molecule has 0 aliphatic rings. The maximum atomic E-state index is 10.0. The van der Waals surface area contributed by atoms with Gasteiger partial charge in [0.1, 0.15) is 0 Å². The molecule has 0 saturated heterocycles. The van der Waals surface area contributed by atoms with Gasteiger partial charge in [-0.1, -0.05) is 38.9 Å². The van der Waals surface area contributed by atoms with Crippen LogP contribution in [0.25, 0.3) is 0 Å². The van der Waals surface area contributed by atoms with E-state index in [1.807, 2.05) is 6.92 Å². The van der Waals surface area contributed by atoms with E-state index >= 15 is 0 Å². The van der Waals surface area contributed by atoms with E-state index in [1.165, 1.54) is 0 Å². The van der Waals surface area contributed by atoms with E-state index in [-0.39, 0.29) is 5.73 Å². The topological polar surface area (TPSA) is 32.6 Å². The van der Waals surface area contributed by atoms with E-state index in [1.54, 1.807) is 6.21 Å². The Kier molecular flexibility index (Phi) is 6.25. The first-order valence-electron chi connectivity index (χ1n) is 5.34. The van der Waals surface area contributed by atoms with Crippen molar-refractivity contribution in [2.45, 2.75) is 51.6 Å². The van der Waals surface area contributed by atoms with E-state index in [2.05, 4.69) is 25.8 Å². The molecule has 0 heterocycles. The first-order valence-corrected chi connectivity index (χ1v) is 8.04. The third kappa shape index (κ3) is 3.23. The Labute approximate surface area is 83.1 Å². The fourth-order valence-corrected chi connectivity index (χ4v) is 4.92. The van der Waals surface area contributed by atoms with Crippen LogP contribution in [-0.4, -0.2) is 31.7 Å². The normalized spacial score (nSPS) is 15.2. The predicted octanol–water partition coefficient (Wildman–Crippen LogP) is 2.49. The lowest BCUT2D eigenvalue weighted by Gasteiger charge is -2.30. The molecule has 2 nitrogen and oxygen atoms in total. The number of aliphatic hydroxyl groups is 1. The highest BCUT2D eigenvalue weighted by Crippen LogP contribution is 2.23. The lowest BCUT2D eigenvalue weighted by molar-refractivity contribution is 0.308. The fourth-order valence-electron chi connectivity index (χ4n) is 1.74. The molecule has 0 fully saturated rings. The number of aliphatic imine (C=N–C) groups is 1. The average Bonchev–Trinajstić information content (AvgIpc) is 2.18. The van der Waals surface area contributed by atoms with Gasteiger partial charge in [-0.15, -0.1) is 0 Å².